The summed E-state index contributed by atoms with van der Waals surface area (Å²) in [5.41, 5.74) is -1.47. The van der Waals surface area contributed by atoms with Gasteiger partial charge in [-0.15, -0.1) is 0 Å². The predicted molar refractivity (Wildman–Crippen MR) is 230 cm³/mol. The Morgan fingerprint density at radius 1 is 0.831 bits per heavy atom. The van der Waals surface area contributed by atoms with Crippen LogP contribution in [0.3, 0.4) is 0 Å². The van der Waals surface area contributed by atoms with Gasteiger partial charge >= 0.3 is 5.97 Å². The Hall–Kier alpha value is -4.62. The zero-order chi connectivity index (χ0) is 46.7. The molecule has 16 heteroatoms. The highest BCUT2D eigenvalue weighted by Crippen LogP contribution is 2.54. The van der Waals surface area contributed by atoms with Gasteiger partial charge in [0.05, 0.1) is 68.8 Å². The zero-order valence-corrected chi connectivity index (χ0v) is 37.8. The van der Waals surface area contributed by atoms with E-state index < -0.39 is 102 Å². The molecular formula is C49H60NO15+. The van der Waals surface area contributed by atoms with E-state index in [0.717, 1.165) is 5.56 Å². The van der Waals surface area contributed by atoms with E-state index in [2.05, 4.69) is 14.1 Å². The highest BCUT2D eigenvalue weighted by molar-refractivity contribution is 6.30. The normalized spacial score (nSPS) is 33.8. The average Bonchev–Trinajstić information content (AvgIpc) is 3.25. The average molecular weight is 903 g/mol. The van der Waals surface area contributed by atoms with Crippen LogP contribution in [0, 0.1) is 0 Å². The maximum atomic E-state index is 14.1. The van der Waals surface area contributed by atoms with Crippen molar-refractivity contribution in [2.45, 2.75) is 152 Å². The summed E-state index contributed by atoms with van der Waals surface area (Å²) in [5, 5.41) is 46.7. The smallest absolute Gasteiger partial charge is 0.316 e. The number of aromatic hydroxyl groups is 2. The van der Waals surface area contributed by atoms with Crippen LogP contribution in [0.2, 0.25) is 0 Å². The number of carbonyl (C=O) groups excluding carboxylic acids is 4. The van der Waals surface area contributed by atoms with Crippen molar-refractivity contribution in [2.24, 2.45) is 0 Å². The second-order valence-corrected chi connectivity index (χ2v) is 18.7. The molecule has 3 aliphatic heterocycles. The van der Waals surface area contributed by atoms with E-state index in [0.29, 0.717) is 23.9 Å². The third-order valence-electron chi connectivity index (χ3n) is 14.1. The first-order chi connectivity index (χ1) is 30.8. The van der Waals surface area contributed by atoms with Crippen molar-refractivity contribution < 1.29 is 77.2 Å². The molecule has 0 saturated carbocycles. The first-order valence-corrected chi connectivity index (χ1v) is 22.5. The molecule has 3 aromatic carbocycles. The second kappa shape index (κ2) is 18.2. The number of benzene rings is 3. The molecule has 3 aromatic rings. The summed E-state index contributed by atoms with van der Waals surface area (Å²) in [5.74, 6) is -4.63. The number of rotatable bonds is 11. The third-order valence-corrected chi connectivity index (χ3v) is 14.1. The maximum Gasteiger partial charge on any atom is 0.316 e. The lowest BCUT2D eigenvalue weighted by Crippen LogP contribution is -2.63. The molecule has 0 bridgehead atoms. The van der Waals surface area contributed by atoms with E-state index in [9.17, 15) is 39.6 Å². The number of phenols is 2. The van der Waals surface area contributed by atoms with Crippen LogP contribution in [-0.2, 0) is 49.3 Å². The lowest BCUT2D eigenvalue weighted by molar-refractivity contribution is -0.934. The van der Waals surface area contributed by atoms with Gasteiger partial charge in [-0.05, 0) is 44.9 Å². The highest BCUT2D eigenvalue weighted by atomic mass is 16.7. The summed E-state index contributed by atoms with van der Waals surface area (Å²) in [6.07, 6.45) is -7.00. The van der Waals surface area contributed by atoms with Gasteiger partial charge in [0.2, 0.25) is 5.78 Å². The van der Waals surface area contributed by atoms with E-state index >= 15 is 0 Å². The summed E-state index contributed by atoms with van der Waals surface area (Å²) in [7, 11) is 5.33. The van der Waals surface area contributed by atoms with E-state index in [1.807, 2.05) is 37.3 Å². The van der Waals surface area contributed by atoms with Crippen LogP contribution in [-0.4, -0.2) is 137 Å². The number of phenolic OH excluding ortho intramolecular Hbond substituents is 2. The minimum Gasteiger partial charge on any atom is -0.507 e. The highest BCUT2D eigenvalue weighted by Gasteiger charge is 2.55. The number of Topliss-reactive ketones (excluding diaryl/α,β-unsaturated/α-hetero) is 1. The number of quaternary nitrogens is 1. The Labute approximate surface area is 377 Å². The van der Waals surface area contributed by atoms with Crippen molar-refractivity contribution in [3.8, 4) is 11.5 Å². The lowest BCUT2D eigenvalue weighted by Gasteiger charge is -2.50. The summed E-state index contributed by atoms with van der Waals surface area (Å²) in [4.78, 5) is 53.7. The molecule has 4 N–H and O–H groups in total. The fourth-order valence-electron chi connectivity index (χ4n) is 10.6. The standard InChI is InChI=1S/C49H59NO15/c1-8-49(58)22-35(40-29(42(49)48(57)59-7)19-30-41(45(40)56)44(55)39-28(43(30)54)15-12-16-33(39)52)63-37-20-31(50(5,6)23-27-13-10-9-11-14-27)46(25(3)61-37)65-38-21-34(53)47(26(4)62-38)64-36-18-17-32(51)24(2)60-36/h9-16,19,24-26,31,34-38,42,46-47,53,58H,8,17-18,20-23H2,1-7H3,(H-,52,55,56)/p+1/t24-,25-,26-,31-,34-,35-,36-,37-,38-,42-,46-,47+,49+/m0/s1. The Balaban J connectivity index is 1.11. The number of ether oxygens (including phenoxy) is 7. The fourth-order valence-corrected chi connectivity index (χ4v) is 10.6. The van der Waals surface area contributed by atoms with Crippen LogP contribution in [0.4, 0.5) is 0 Å². The number of hydrogen-bond acceptors (Lipinski definition) is 15. The number of esters is 1. The van der Waals surface area contributed by atoms with Crippen molar-refractivity contribution in [3.63, 3.8) is 0 Å². The van der Waals surface area contributed by atoms with Crippen LogP contribution in [0.15, 0.2) is 54.6 Å². The topological polar surface area (TPSA) is 214 Å². The summed E-state index contributed by atoms with van der Waals surface area (Å²) in [6, 6.07) is 15.1. The van der Waals surface area contributed by atoms with Gasteiger partial charge < -0.3 is 58.1 Å². The van der Waals surface area contributed by atoms with Crippen LogP contribution in [0.1, 0.15) is 127 Å². The summed E-state index contributed by atoms with van der Waals surface area (Å²) in [6.45, 7) is 7.60. The number of aliphatic hydroxyl groups is 2. The van der Waals surface area contributed by atoms with E-state index in [4.69, 9.17) is 33.2 Å². The number of carbonyl (C=O) groups is 4. The van der Waals surface area contributed by atoms with Crippen molar-refractivity contribution >= 4 is 23.3 Å². The number of likely N-dealkylation sites (N-methyl/N-ethyl adjacent to an activating group) is 1. The van der Waals surface area contributed by atoms with Crippen LogP contribution < -0.4 is 0 Å². The second-order valence-electron chi connectivity index (χ2n) is 18.7. The Kier molecular flexibility index (Phi) is 13.1. The zero-order valence-electron chi connectivity index (χ0n) is 37.8. The SMILES string of the molecule is CC[C@@]1(O)C[C@H](O[C@H]2C[C@H]([N+](C)(C)Cc3ccccc3)[C@@H](O[C@H]3C[C@H](O)[C@H](O[C@H]4CCC(=O)[C@H](C)O4)[C@H](C)O3)[C@H](C)O2)c2c(cc3c(c2O)C(=O)c2c(O)cccc2C3=O)[C@H]1C(=O)OC. The molecule has 3 saturated heterocycles. The first kappa shape index (κ1) is 46.9. The molecule has 2 aliphatic carbocycles. The van der Waals surface area contributed by atoms with Crippen molar-refractivity contribution in [1.82, 2.24) is 0 Å². The molecule has 8 rings (SSSR count). The van der Waals surface area contributed by atoms with Gasteiger partial charge in [0.15, 0.2) is 30.4 Å². The third kappa shape index (κ3) is 8.76. The Morgan fingerprint density at radius 2 is 1.51 bits per heavy atom. The summed E-state index contributed by atoms with van der Waals surface area (Å²) < 4.78 is 44.1. The predicted octanol–water partition coefficient (Wildman–Crippen LogP) is 4.87. The largest absolute Gasteiger partial charge is 0.507 e. The minimum absolute atomic E-state index is 0.00360. The van der Waals surface area contributed by atoms with Gasteiger partial charge in [-0.2, -0.15) is 0 Å². The molecule has 0 unspecified atom stereocenters. The Bertz CT molecular complexity index is 2310. The molecular weight excluding hydrogens is 843 g/mol. The number of nitrogens with zero attached hydrogens (tertiary/aromatic N) is 1. The molecule has 3 heterocycles. The van der Waals surface area contributed by atoms with Crippen LogP contribution >= 0.6 is 0 Å². The number of methoxy groups -OCH3 is 1. The fraction of sp³-hybridized carbons (Fsp3) is 0.551. The van der Waals surface area contributed by atoms with E-state index in [1.165, 1.54) is 31.4 Å². The Morgan fingerprint density at radius 3 is 2.17 bits per heavy atom. The molecule has 0 amide bonds. The lowest BCUT2D eigenvalue weighted by atomic mass is 9.67. The summed E-state index contributed by atoms with van der Waals surface area (Å²) >= 11 is 0. The van der Waals surface area contributed by atoms with E-state index in [1.54, 1.807) is 20.8 Å². The van der Waals surface area contributed by atoms with Crippen molar-refractivity contribution in [2.75, 3.05) is 21.2 Å². The van der Waals surface area contributed by atoms with Gasteiger partial charge in [-0.1, -0.05) is 49.4 Å². The van der Waals surface area contributed by atoms with Gasteiger partial charge in [-0.3, -0.25) is 19.2 Å². The first-order valence-electron chi connectivity index (χ1n) is 22.5. The molecule has 5 aliphatic rings. The van der Waals surface area contributed by atoms with Crippen molar-refractivity contribution in [3.05, 3.63) is 93.5 Å². The molecule has 0 aromatic heterocycles. The number of hydrogen-bond donors (Lipinski definition) is 4. The quantitative estimate of drug-likeness (QED) is 0.117. The number of fused-ring (bicyclic) bond motifs is 3. The van der Waals surface area contributed by atoms with Gasteiger partial charge in [0.25, 0.3) is 0 Å². The molecule has 13 atom stereocenters. The van der Waals surface area contributed by atoms with Gasteiger partial charge in [0, 0.05) is 47.9 Å². The van der Waals surface area contributed by atoms with Crippen molar-refractivity contribution in [1.29, 1.82) is 0 Å². The molecule has 350 valence electrons. The van der Waals surface area contributed by atoms with Crippen LogP contribution in [0.25, 0.3) is 0 Å². The maximum absolute atomic E-state index is 14.1. The molecule has 0 radical (unpaired) electrons. The van der Waals surface area contributed by atoms with Gasteiger partial charge in [0.1, 0.15) is 48.3 Å². The monoisotopic (exact) mass is 902 g/mol. The van der Waals surface area contributed by atoms with Crippen LogP contribution in [0.5, 0.6) is 11.5 Å². The number of aliphatic hydroxyl groups excluding tert-OH is 1. The molecule has 3 fully saturated rings. The molecule has 65 heavy (non-hydrogen) atoms. The van der Waals surface area contributed by atoms with Gasteiger partial charge in [-0.25, -0.2) is 0 Å². The minimum atomic E-state index is -1.78. The molecule has 16 nitrogen and oxygen atoms in total. The van der Waals surface area contributed by atoms with E-state index in [-0.39, 0.29) is 70.9 Å². The molecule has 0 spiro atoms. The number of ketones is 3.